The molecule has 31 heavy (non-hydrogen) atoms. The molecule has 0 radical (unpaired) electrons. The highest BCUT2D eigenvalue weighted by Crippen LogP contribution is 2.29. The van der Waals surface area contributed by atoms with Crippen molar-refractivity contribution >= 4 is 12.1 Å². The van der Waals surface area contributed by atoms with Crippen LogP contribution in [-0.4, -0.2) is 18.7 Å². The van der Waals surface area contributed by atoms with E-state index in [1.807, 2.05) is 6.92 Å². The molecular weight excluding hydrogens is 402 g/mol. The molecule has 3 aromatic carbocycles. The topological polar surface area (TPSA) is 59.9 Å². The molecule has 7 heteroatoms. The van der Waals surface area contributed by atoms with E-state index in [9.17, 15) is 13.6 Å². The first-order valence-electron chi connectivity index (χ1n) is 9.74. The summed E-state index contributed by atoms with van der Waals surface area (Å²) in [6.45, 7) is 2.34. The van der Waals surface area contributed by atoms with Gasteiger partial charge in [0.15, 0.2) is 11.5 Å². The smallest absolute Gasteiger partial charge is 0.244 e. The molecule has 0 bridgehead atoms. The van der Waals surface area contributed by atoms with Crippen LogP contribution in [0.4, 0.5) is 8.78 Å². The van der Waals surface area contributed by atoms with E-state index in [0.29, 0.717) is 34.8 Å². The minimum Gasteiger partial charge on any atom is -0.490 e. The molecule has 0 spiro atoms. The molecule has 0 atom stereocenters. The first kappa shape index (κ1) is 22.0. The zero-order valence-corrected chi connectivity index (χ0v) is 17.0. The number of hydrazone groups is 1. The lowest BCUT2D eigenvalue weighted by Crippen LogP contribution is -2.19. The number of hydrogen-bond donors (Lipinski definition) is 1. The van der Waals surface area contributed by atoms with Crippen LogP contribution in [0.5, 0.6) is 11.5 Å². The molecule has 3 aromatic rings. The number of nitrogens with zero attached hydrogens (tertiary/aromatic N) is 1. The van der Waals surface area contributed by atoms with Crippen LogP contribution in [0.25, 0.3) is 0 Å². The summed E-state index contributed by atoms with van der Waals surface area (Å²) >= 11 is 0. The standard InChI is InChI=1S/C24H22F2N2O3/c1-2-30-23-13-18(9-12-22(23)31-16-19-5-3-4-6-21(19)26)15-27-28-24(29)14-17-7-10-20(25)11-8-17/h3-13,15H,2,14,16H2,1H3,(H,28,29)/b27-15+. The Kier molecular flexibility index (Phi) is 7.70. The lowest BCUT2D eigenvalue weighted by molar-refractivity contribution is -0.120. The van der Waals surface area contributed by atoms with Gasteiger partial charge in [-0.15, -0.1) is 0 Å². The fraction of sp³-hybridized carbons (Fsp3) is 0.167. The van der Waals surface area contributed by atoms with Crippen molar-refractivity contribution in [2.75, 3.05) is 6.61 Å². The number of nitrogens with one attached hydrogen (secondary N) is 1. The first-order valence-corrected chi connectivity index (χ1v) is 9.74. The summed E-state index contributed by atoms with van der Waals surface area (Å²) in [7, 11) is 0. The molecule has 0 saturated heterocycles. The highest BCUT2D eigenvalue weighted by Gasteiger charge is 2.08. The van der Waals surface area contributed by atoms with Gasteiger partial charge in [-0.2, -0.15) is 5.10 Å². The summed E-state index contributed by atoms with van der Waals surface area (Å²) in [4.78, 5) is 12.0. The van der Waals surface area contributed by atoms with Crippen LogP contribution in [0.15, 0.2) is 71.8 Å². The predicted molar refractivity (Wildman–Crippen MR) is 114 cm³/mol. The van der Waals surface area contributed by atoms with Crippen LogP contribution < -0.4 is 14.9 Å². The Hall–Kier alpha value is -3.74. The summed E-state index contributed by atoms with van der Waals surface area (Å²) in [6.07, 6.45) is 1.57. The molecule has 0 aliphatic carbocycles. The molecule has 0 aliphatic rings. The van der Waals surface area contributed by atoms with Gasteiger partial charge in [-0.3, -0.25) is 4.79 Å². The van der Waals surface area contributed by atoms with Crippen molar-refractivity contribution in [3.05, 3.63) is 95.1 Å². The minimum absolute atomic E-state index is 0.0691. The van der Waals surface area contributed by atoms with Crippen molar-refractivity contribution in [2.45, 2.75) is 20.0 Å². The maximum Gasteiger partial charge on any atom is 0.244 e. The Bertz CT molecular complexity index is 1050. The lowest BCUT2D eigenvalue weighted by atomic mass is 10.1. The Morgan fingerprint density at radius 1 is 1.00 bits per heavy atom. The molecular formula is C24H22F2N2O3. The second-order valence-electron chi connectivity index (χ2n) is 6.62. The molecule has 0 saturated carbocycles. The third-order valence-corrected chi connectivity index (χ3v) is 4.29. The van der Waals surface area contributed by atoms with Gasteiger partial charge in [0, 0.05) is 5.56 Å². The van der Waals surface area contributed by atoms with Crippen LogP contribution in [0.2, 0.25) is 0 Å². The van der Waals surface area contributed by atoms with Crippen LogP contribution in [0.3, 0.4) is 0 Å². The fourth-order valence-corrected chi connectivity index (χ4v) is 2.77. The van der Waals surface area contributed by atoms with Gasteiger partial charge >= 0.3 is 0 Å². The van der Waals surface area contributed by atoms with Crippen LogP contribution in [0.1, 0.15) is 23.6 Å². The molecule has 0 fully saturated rings. The molecule has 0 unspecified atom stereocenters. The number of rotatable bonds is 9. The van der Waals surface area contributed by atoms with Crippen molar-refractivity contribution in [2.24, 2.45) is 5.10 Å². The van der Waals surface area contributed by atoms with E-state index in [1.165, 1.54) is 24.4 Å². The number of ether oxygens (including phenoxy) is 2. The van der Waals surface area contributed by atoms with Gasteiger partial charge in [0.25, 0.3) is 0 Å². The van der Waals surface area contributed by atoms with Gasteiger partial charge in [0.1, 0.15) is 18.2 Å². The Morgan fingerprint density at radius 2 is 1.77 bits per heavy atom. The number of carbonyl (C=O) groups is 1. The maximum atomic E-state index is 13.8. The number of carbonyl (C=O) groups excluding carboxylic acids is 1. The zero-order chi connectivity index (χ0) is 22.1. The minimum atomic E-state index is -0.353. The number of amides is 1. The molecule has 0 aromatic heterocycles. The van der Waals surface area contributed by atoms with Gasteiger partial charge in [-0.1, -0.05) is 30.3 Å². The normalized spacial score (nSPS) is 10.8. The van der Waals surface area contributed by atoms with Crippen molar-refractivity contribution in [1.82, 2.24) is 5.43 Å². The van der Waals surface area contributed by atoms with Gasteiger partial charge in [0.05, 0.1) is 19.2 Å². The second kappa shape index (κ2) is 10.9. The zero-order valence-electron chi connectivity index (χ0n) is 17.0. The molecule has 0 aliphatic heterocycles. The summed E-state index contributed by atoms with van der Waals surface area (Å²) in [5.74, 6) is -0.0463. The molecule has 3 rings (SSSR count). The third kappa shape index (κ3) is 6.64. The average Bonchev–Trinajstić information content (AvgIpc) is 2.76. The molecule has 0 heterocycles. The Labute approximate surface area is 179 Å². The largest absolute Gasteiger partial charge is 0.490 e. The monoisotopic (exact) mass is 424 g/mol. The van der Waals surface area contributed by atoms with E-state index in [-0.39, 0.29) is 30.6 Å². The van der Waals surface area contributed by atoms with Crippen LogP contribution in [-0.2, 0) is 17.8 Å². The third-order valence-electron chi connectivity index (χ3n) is 4.29. The van der Waals surface area contributed by atoms with Crippen LogP contribution >= 0.6 is 0 Å². The summed E-state index contributed by atoms with van der Waals surface area (Å²) < 4.78 is 38.0. The molecule has 1 amide bonds. The van der Waals surface area contributed by atoms with Crippen molar-refractivity contribution < 1.29 is 23.0 Å². The Morgan fingerprint density at radius 3 is 2.52 bits per heavy atom. The lowest BCUT2D eigenvalue weighted by Gasteiger charge is -2.13. The highest BCUT2D eigenvalue weighted by atomic mass is 19.1. The SMILES string of the molecule is CCOc1cc(/C=N/NC(=O)Cc2ccc(F)cc2)ccc1OCc1ccccc1F. The van der Waals surface area contributed by atoms with Crippen molar-refractivity contribution in [1.29, 1.82) is 0 Å². The van der Waals surface area contributed by atoms with Gasteiger partial charge in [0.2, 0.25) is 5.91 Å². The van der Waals surface area contributed by atoms with E-state index in [2.05, 4.69) is 10.5 Å². The van der Waals surface area contributed by atoms with E-state index >= 15 is 0 Å². The first-order chi connectivity index (χ1) is 15.0. The highest BCUT2D eigenvalue weighted by molar-refractivity contribution is 5.84. The number of hydrogen-bond acceptors (Lipinski definition) is 4. The van der Waals surface area contributed by atoms with Gasteiger partial charge in [-0.25, -0.2) is 14.2 Å². The Balaban J connectivity index is 1.60. The fourth-order valence-electron chi connectivity index (χ4n) is 2.77. The van der Waals surface area contributed by atoms with Crippen molar-refractivity contribution in [3.63, 3.8) is 0 Å². The second-order valence-corrected chi connectivity index (χ2v) is 6.62. The summed E-state index contributed by atoms with van der Waals surface area (Å²) in [6, 6.07) is 17.3. The molecule has 5 nitrogen and oxygen atoms in total. The van der Waals surface area contributed by atoms with E-state index < -0.39 is 0 Å². The van der Waals surface area contributed by atoms with Gasteiger partial charge < -0.3 is 9.47 Å². The number of benzene rings is 3. The van der Waals surface area contributed by atoms with Crippen LogP contribution in [0, 0.1) is 11.6 Å². The van der Waals surface area contributed by atoms with E-state index in [1.54, 1.807) is 48.5 Å². The molecule has 160 valence electrons. The molecule has 1 N–H and O–H groups in total. The summed E-state index contributed by atoms with van der Waals surface area (Å²) in [5, 5.41) is 3.95. The van der Waals surface area contributed by atoms with Gasteiger partial charge in [-0.05, 0) is 54.4 Å². The van der Waals surface area contributed by atoms with Crippen molar-refractivity contribution in [3.8, 4) is 11.5 Å². The maximum absolute atomic E-state index is 13.8. The number of halogens is 2. The van der Waals surface area contributed by atoms with E-state index in [4.69, 9.17) is 9.47 Å². The van der Waals surface area contributed by atoms with E-state index in [0.717, 1.165) is 0 Å². The quantitative estimate of drug-likeness (QED) is 0.402. The summed E-state index contributed by atoms with van der Waals surface area (Å²) in [5.41, 5.74) is 4.25. The predicted octanol–water partition coefficient (Wildman–Crippen LogP) is 4.64. The average molecular weight is 424 g/mol.